The van der Waals surface area contributed by atoms with Gasteiger partial charge in [0.25, 0.3) is 0 Å². The van der Waals surface area contributed by atoms with E-state index in [4.69, 9.17) is 21.3 Å². The van der Waals surface area contributed by atoms with E-state index in [1.54, 1.807) is 13.2 Å². The summed E-state index contributed by atoms with van der Waals surface area (Å²) >= 11 is 7.54. The third-order valence-corrected chi connectivity index (χ3v) is 5.86. The summed E-state index contributed by atoms with van der Waals surface area (Å²) in [5.41, 5.74) is 6.01. The smallest absolute Gasteiger partial charge is 0.234 e. The van der Waals surface area contributed by atoms with E-state index in [9.17, 15) is 4.79 Å². The second-order valence-electron chi connectivity index (χ2n) is 6.89. The highest BCUT2D eigenvalue weighted by Crippen LogP contribution is 2.31. The van der Waals surface area contributed by atoms with Crippen molar-refractivity contribution in [1.82, 2.24) is 4.98 Å². The Morgan fingerprint density at radius 1 is 1.07 bits per heavy atom. The van der Waals surface area contributed by atoms with Crippen LogP contribution in [0.1, 0.15) is 22.3 Å². The number of rotatable bonds is 5. The van der Waals surface area contributed by atoms with Crippen LogP contribution in [0, 0.1) is 27.7 Å². The molecule has 28 heavy (non-hydrogen) atoms. The van der Waals surface area contributed by atoms with Crippen LogP contribution in [0.2, 0.25) is 5.02 Å². The van der Waals surface area contributed by atoms with E-state index in [1.807, 2.05) is 19.1 Å². The summed E-state index contributed by atoms with van der Waals surface area (Å²) in [7, 11) is 1.55. The van der Waals surface area contributed by atoms with Gasteiger partial charge in [0.15, 0.2) is 0 Å². The first-order valence-corrected chi connectivity index (χ1v) is 10.3. The Kier molecular flexibility index (Phi) is 6.16. The number of nitrogens with zero attached hydrogens (tertiary/aromatic N) is 1. The molecule has 0 aliphatic carbocycles. The van der Waals surface area contributed by atoms with E-state index >= 15 is 0 Å². The summed E-state index contributed by atoms with van der Waals surface area (Å²) in [6.07, 6.45) is 0. The average Bonchev–Trinajstić information content (AvgIpc) is 2.63. The molecule has 1 heterocycles. The number of benzene rings is 2. The molecule has 4 nitrogen and oxygen atoms in total. The van der Waals surface area contributed by atoms with Crippen LogP contribution < -0.4 is 10.1 Å². The number of carbonyl (C=O) groups is 1. The minimum Gasteiger partial charge on any atom is -0.495 e. The first kappa shape index (κ1) is 20.5. The summed E-state index contributed by atoms with van der Waals surface area (Å²) in [5, 5.41) is 5.50. The maximum absolute atomic E-state index is 12.5. The van der Waals surface area contributed by atoms with Crippen molar-refractivity contribution in [1.29, 1.82) is 0 Å². The van der Waals surface area contributed by atoms with E-state index in [0.29, 0.717) is 16.5 Å². The van der Waals surface area contributed by atoms with Crippen LogP contribution in [0.25, 0.3) is 10.9 Å². The molecule has 3 rings (SSSR count). The van der Waals surface area contributed by atoms with Gasteiger partial charge in [0.05, 0.1) is 29.1 Å². The second-order valence-corrected chi connectivity index (χ2v) is 8.30. The van der Waals surface area contributed by atoms with E-state index in [1.165, 1.54) is 17.3 Å². The minimum absolute atomic E-state index is 0.120. The lowest BCUT2D eigenvalue weighted by Crippen LogP contribution is -2.15. The van der Waals surface area contributed by atoms with Gasteiger partial charge < -0.3 is 10.1 Å². The number of hydrogen-bond donors (Lipinski definition) is 1. The number of thioether (sulfide) groups is 1. The Balaban J connectivity index is 1.76. The summed E-state index contributed by atoms with van der Waals surface area (Å²) in [6, 6.07) is 9.84. The number of aryl methyl sites for hydroxylation is 4. The number of ether oxygens (including phenoxy) is 1. The van der Waals surface area contributed by atoms with Crippen LogP contribution in [0.15, 0.2) is 35.4 Å². The molecule has 0 radical (unpaired) electrons. The molecule has 0 atom stereocenters. The van der Waals surface area contributed by atoms with Crippen molar-refractivity contribution in [2.75, 3.05) is 18.2 Å². The first-order chi connectivity index (χ1) is 13.3. The zero-order chi connectivity index (χ0) is 20.4. The Morgan fingerprint density at radius 2 is 1.82 bits per heavy atom. The molecule has 0 spiro atoms. The Labute approximate surface area is 174 Å². The standard InChI is InChI=1S/C22H23ClN2O2S/c1-12-6-15(4)22-16(7-12)13(2)9-21(25-22)28-11-20(26)24-18-8-14(3)17(23)10-19(18)27-5/h6-10H,11H2,1-5H3,(H,24,26). The number of anilines is 1. The number of fused-ring (bicyclic) bond motifs is 1. The van der Waals surface area contributed by atoms with Crippen molar-refractivity contribution >= 4 is 45.9 Å². The highest BCUT2D eigenvalue weighted by Gasteiger charge is 2.12. The van der Waals surface area contributed by atoms with Gasteiger partial charge in [-0.25, -0.2) is 4.98 Å². The zero-order valence-corrected chi connectivity index (χ0v) is 18.2. The van der Waals surface area contributed by atoms with Crippen LogP contribution in [0.5, 0.6) is 5.75 Å². The average molecular weight is 415 g/mol. The number of hydrogen-bond acceptors (Lipinski definition) is 4. The largest absolute Gasteiger partial charge is 0.495 e. The summed E-state index contributed by atoms with van der Waals surface area (Å²) in [6.45, 7) is 8.12. The van der Waals surface area contributed by atoms with Gasteiger partial charge in [-0.05, 0) is 62.6 Å². The molecule has 1 amide bonds. The van der Waals surface area contributed by atoms with Gasteiger partial charge in [0.1, 0.15) is 5.75 Å². The second kappa shape index (κ2) is 8.41. The van der Waals surface area contributed by atoms with Crippen molar-refractivity contribution in [3.8, 4) is 5.75 Å². The third-order valence-electron chi connectivity index (χ3n) is 4.54. The van der Waals surface area contributed by atoms with Crippen LogP contribution >= 0.6 is 23.4 Å². The van der Waals surface area contributed by atoms with Crippen LogP contribution in [-0.4, -0.2) is 23.8 Å². The normalized spacial score (nSPS) is 10.9. The van der Waals surface area contributed by atoms with Gasteiger partial charge in [0.2, 0.25) is 5.91 Å². The molecule has 6 heteroatoms. The van der Waals surface area contributed by atoms with Crippen molar-refractivity contribution in [2.24, 2.45) is 0 Å². The summed E-state index contributed by atoms with van der Waals surface area (Å²) in [4.78, 5) is 17.2. The van der Waals surface area contributed by atoms with Gasteiger partial charge in [-0.1, -0.05) is 35.0 Å². The third kappa shape index (κ3) is 4.42. The molecule has 0 bridgehead atoms. The van der Waals surface area contributed by atoms with Gasteiger partial charge in [-0.2, -0.15) is 0 Å². The molecular formula is C22H23ClN2O2S. The number of nitrogens with one attached hydrogen (secondary N) is 1. The molecule has 0 aliphatic rings. The van der Waals surface area contributed by atoms with Gasteiger partial charge in [0, 0.05) is 16.5 Å². The minimum atomic E-state index is -0.120. The SMILES string of the molecule is COc1cc(Cl)c(C)cc1NC(=O)CSc1cc(C)c2cc(C)cc(C)c2n1. The predicted molar refractivity (Wildman–Crippen MR) is 118 cm³/mol. The number of methoxy groups -OCH3 is 1. The predicted octanol–water partition coefficient (Wildman–Crippen LogP) is 5.86. The van der Waals surface area contributed by atoms with E-state index in [0.717, 1.165) is 32.6 Å². The molecule has 146 valence electrons. The fourth-order valence-electron chi connectivity index (χ4n) is 3.14. The molecule has 1 N–H and O–H groups in total. The highest BCUT2D eigenvalue weighted by molar-refractivity contribution is 7.99. The molecule has 2 aromatic carbocycles. The Morgan fingerprint density at radius 3 is 2.54 bits per heavy atom. The quantitative estimate of drug-likeness (QED) is 0.531. The van der Waals surface area contributed by atoms with Crippen LogP contribution in [0.3, 0.4) is 0 Å². The number of amides is 1. The number of aromatic nitrogens is 1. The van der Waals surface area contributed by atoms with Crippen LogP contribution in [-0.2, 0) is 4.79 Å². The Hall–Kier alpha value is -2.24. The van der Waals surface area contributed by atoms with E-state index in [2.05, 4.69) is 38.2 Å². The van der Waals surface area contributed by atoms with Crippen molar-refractivity contribution in [3.63, 3.8) is 0 Å². The lowest BCUT2D eigenvalue weighted by molar-refractivity contribution is -0.113. The molecule has 0 saturated heterocycles. The lowest BCUT2D eigenvalue weighted by atomic mass is 10.0. The fourth-order valence-corrected chi connectivity index (χ4v) is 4.06. The molecule has 0 unspecified atom stereocenters. The molecule has 0 saturated carbocycles. The number of carbonyl (C=O) groups excluding carboxylic acids is 1. The van der Waals surface area contributed by atoms with Gasteiger partial charge >= 0.3 is 0 Å². The topological polar surface area (TPSA) is 51.2 Å². The summed E-state index contributed by atoms with van der Waals surface area (Å²) < 4.78 is 5.31. The van der Waals surface area contributed by atoms with Crippen molar-refractivity contribution in [2.45, 2.75) is 32.7 Å². The first-order valence-electron chi connectivity index (χ1n) is 8.94. The number of pyridine rings is 1. The monoisotopic (exact) mass is 414 g/mol. The van der Waals surface area contributed by atoms with E-state index in [-0.39, 0.29) is 11.7 Å². The molecule has 1 aromatic heterocycles. The molecule has 3 aromatic rings. The van der Waals surface area contributed by atoms with E-state index < -0.39 is 0 Å². The lowest BCUT2D eigenvalue weighted by Gasteiger charge is -2.12. The Bertz CT molecular complexity index is 1070. The van der Waals surface area contributed by atoms with Crippen molar-refractivity contribution < 1.29 is 9.53 Å². The van der Waals surface area contributed by atoms with Crippen molar-refractivity contribution in [3.05, 3.63) is 57.6 Å². The number of halogens is 1. The van der Waals surface area contributed by atoms with Gasteiger partial charge in [-0.3, -0.25) is 4.79 Å². The fraction of sp³-hybridized carbons (Fsp3) is 0.273. The zero-order valence-electron chi connectivity index (χ0n) is 16.6. The summed E-state index contributed by atoms with van der Waals surface area (Å²) in [5.74, 6) is 0.679. The molecule has 0 fully saturated rings. The maximum Gasteiger partial charge on any atom is 0.234 e. The van der Waals surface area contributed by atoms with Gasteiger partial charge in [-0.15, -0.1) is 0 Å². The maximum atomic E-state index is 12.5. The van der Waals surface area contributed by atoms with Crippen LogP contribution in [0.4, 0.5) is 5.69 Å². The molecule has 0 aliphatic heterocycles. The molecular weight excluding hydrogens is 392 g/mol. The highest BCUT2D eigenvalue weighted by atomic mass is 35.5.